The molecule has 22 heavy (non-hydrogen) atoms. The molecule has 0 amide bonds. The predicted octanol–water partition coefficient (Wildman–Crippen LogP) is 2.30. The molecule has 0 bridgehead atoms. The molecule has 0 heterocycles. The van der Waals surface area contributed by atoms with E-state index in [0.29, 0.717) is 0 Å². The van der Waals surface area contributed by atoms with Gasteiger partial charge in [0.2, 0.25) is 0 Å². The number of halogens is 1. The summed E-state index contributed by atoms with van der Waals surface area (Å²) < 4.78 is 18.8. The minimum absolute atomic E-state index is 0.188. The molecule has 1 fully saturated rings. The van der Waals surface area contributed by atoms with E-state index < -0.39 is 0 Å². The minimum atomic E-state index is -0.188. The number of nitrogens with one attached hydrogen (secondary N) is 1. The number of hydrogen-bond donors (Lipinski definition) is 1. The van der Waals surface area contributed by atoms with Gasteiger partial charge in [0.1, 0.15) is 5.82 Å². The molecule has 1 aromatic carbocycles. The van der Waals surface area contributed by atoms with Gasteiger partial charge in [0.15, 0.2) is 5.96 Å². The van der Waals surface area contributed by atoms with E-state index in [1.54, 1.807) is 19.2 Å². The summed E-state index contributed by atoms with van der Waals surface area (Å²) in [7, 11) is 3.77. The van der Waals surface area contributed by atoms with E-state index in [9.17, 15) is 4.39 Å². The van der Waals surface area contributed by atoms with Gasteiger partial charge in [0.05, 0.1) is 6.61 Å². The van der Waals surface area contributed by atoms with Crippen LogP contribution in [0.15, 0.2) is 29.3 Å². The first-order chi connectivity index (χ1) is 10.7. The molecule has 1 aliphatic rings. The Labute approximate surface area is 132 Å². The number of rotatable bonds is 8. The van der Waals surface area contributed by atoms with Gasteiger partial charge < -0.3 is 15.0 Å². The summed E-state index contributed by atoms with van der Waals surface area (Å²) in [6, 6.07) is 6.71. The van der Waals surface area contributed by atoms with Crippen LogP contribution in [0.5, 0.6) is 0 Å². The van der Waals surface area contributed by atoms with Crippen LogP contribution in [0.3, 0.4) is 0 Å². The van der Waals surface area contributed by atoms with Gasteiger partial charge in [0, 0.05) is 33.8 Å². The smallest absolute Gasteiger partial charge is 0.193 e. The maximum atomic E-state index is 13.1. The zero-order chi connectivity index (χ0) is 15.8. The number of ether oxygens (including phenoxy) is 1. The highest BCUT2D eigenvalue weighted by Crippen LogP contribution is 2.28. The fourth-order valence-corrected chi connectivity index (χ4v) is 2.24. The highest BCUT2D eigenvalue weighted by Gasteiger charge is 2.21. The lowest BCUT2D eigenvalue weighted by molar-refractivity contribution is 0.115. The van der Waals surface area contributed by atoms with Gasteiger partial charge in [-0.15, -0.1) is 0 Å². The van der Waals surface area contributed by atoms with Crippen molar-refractivity contribution in [1.82, 2.24) is 10.2 Å². The topological polar surface area (TPSA) is 36.9 Å². The molecule has 0 spiro atoms. The van der Waals surface area contributed by atoms with E-state index in [1.807, 2.05) is 13.1 Å². The average molecular weight is 307 g/mol. The van der Waals surface area contributed by atoms with Crippen LogP contribution < -0.4 is 5.32 Å². The van der Waals surface area contributed by atoms with Crippen LogP contribution >= 0.6 is 0 Å². The molecule has 5 heteroatoms. The van der Waals surface area contributed by atoms with Crippen molar-refractivity contribution in [2.75, 3.05) is 40.4 Å². The van der Waals surface area contributed by atoms with Crippen molar-refractivity contribution in [1.29, 1.82) is 0 Å². The quantitative estimate of drug-likeness (QED) is 0.455. The van der Waals surface area contributed by atoms with Crippen molar-refractivity contribution in [2.24, 2.45) is 10.9 Å². The van der Waals surface area contributed by atoms with Gasteiger partial charge in [-0.05, 0) is 42.9 Å². The lowest BCUT2D eigenvalue weighted by Crippen LogP contribution is -2.41. The van der Waals surface area contributed by atoms with E-state index in [4.69, 9.17) is 4.74 Å². The largest absolute Gasteiger partial charge is 0.379 e. The standard InChI is InChI=1S/C17H26FN3O/c1-19-17(21(2)10-11-22-13-15-6-7-15)20-9-8-14-4-3-5-16(18)12-14/h3-5,12,15H,6-11,13H2,1-2H3,(H,19,20). The summed E-state index contributed by atoms with van der Waals surface area (Å²) in [6.07, 6.45) is 3.40. The molecule has 1 N–H and O–H groups in total. The van der Waals surface area contributed by atoms with Gasteiger partial charge in [0.25, 0.3) is 0 Å². The van der Waals surface area contributed by atoms with Gasteiger partial charge in [-0.2, -0.15) is 0 Å². The van der Waals surface area contributed by atoms with Crippen LogP contribution in [0, 0.1) is 11.7 Å². The monoisotopic (exact) mass is 307 g/mol. The molecule has 0 saturated heterocycles. The third kappa shape index (κ3) is 6.02. The lowest BCUT2D eigenvalue weighted by atomic mass is 10.1. The lowest BCUT2D eigenvalue weighted by Gasteiger charge is -2.22. The SMILES string of the molecule is CN=C(NCCc1cccc(F)c1)N(C)CCOCC1CC1. The van der Waals surface area contributed by atoms with E-state index in [-0.39, 0.29) is 5.82 Å². The van der Waals surface area contributed by atoms with Crippen LogP contribution in [0.4, 0.5) is 4.39 Å². The molecule has 1 saturated carbocycles. The Kier molecular flexibility index (Phi) is 6.65. The Morgan fingerprint density at radius 2 is 2.27 bits per heavy atom. The Bertz CT molecular complexity index is 489. The molecule has 0 unspecified atom stereocenters. The summed E-state index contributed by atoms with van der Waals surface area (Å²) in [6.45, 7) is 3.15. The molecular weight excluding hydrogens is 281 g/mol. The molecule has 1 aliphatic carbocycles. The zero-order valence-corrected chi connectivity index (χ0v) is 13.5. The number of hydrogen-bond acceptors (Lipinski definition) is 2. The third-order valence-electron chi connectivity index (χ3n) is 3.78. The molecule has 0 aliphatic heterocycles. The molecule has 1 aromatic rings. The van der Waals surface area contributed by atoms with Crippen LogP contribution in [-0.4, -0.2) is 51.3 Å². The third-order valence-corrected chi connectivity index (χ3v) is 3.78. The Hall–Kier alpha value is -1.62. The van der Waals surface area contributed by atoms with Crippen LogP contribution in [0.25, 0.3) is 0 Å². The van der Waals surface area contributed by atoms with Crippen molar-refractivity contribution in [2.45, 2.75) is 19.3 Å². The summed E-state index contributed by atoms with van der Waals surface area (Å²) >= 11 is 0. The van der Waals surface area contributed by atoms with Crippen LogP contribution in [-0.2, 0) is 11.2 Å². The number of benzene rings is 1. The number of nitrogens with zero attached hydrogens (tertiary/aromatic N) is 2. The minimum Gasteiger partial charge on any atom is -0.379 e. The van der Waals surface area contributed by atoms with Crippen molar-refractivity contribution >= 4 is 5.96 Å². The first kappa shape index (κ1) is 16.7. The number of aliphatic imine (C=N–C) groups is 1. The second kappa shape index (κ2) is 8.73. The molecule has 122 valence electrons. The summed E-state index contributed by atoms with van der Waals surface area (Å²) in [5.41, 5.74) is 0.985. The van der Waals surface area contributed by atoms with Crippen molar-refractivity contribution in [3.05, 3.63) is 35.6 Å². The van der Waals surface area contributed by atoms with Gasteiger partial charge in [-0.1, -0.05) is 12.1 Å². The Morgan fingerprint density at radius 1 is 1.45 bits per heavy atom. The highest BCUT2D eigenvalue weighted by molar-refractivity contribution is 5.79. The second-order valence-corrected chi connectivity index (χ2v) is 5.79. The fourth-order valence-electron chi connectivity index (χ4n) is 2.24. The molecule has 0 atom stereocenters. The predicted molar refractivity (Wildman–Crippen MR) is 87.6 cm³/mol. The summed E-state index contributed by atoms with van der Waals surface area (Å²) in [5.74, 6) is 1.45. The van der Waals surface area contributed by atoms with E-state index in [2.05, 4.69) is 15.2 Å². The summed E-state index contributed by atoms with van der Waals surface area (Å²) in [5, 5.41) is 3.30. The van der Waals surface area contributed by atoms with Crippen molar-refractivity contribution in [3.8, 4) is 0 Å². The summed E-state index contributed by atoms with van der Waals surface area (Å²) in [4.78, 5) is 6.32. The van der Waals surface area contributed by atoms with Crippen LogP contribution in [0.2, 0.25) is 0 Å². The first-order valence-electron chi connectivity index (χ1n) is 7.93. The second-order valence-electron chi connectivity index (χ2n) is 5.79. The normalized spacial score (nSPS) is 15.0. The molecular formula is C17H26FN3O. The molecule has 0 aromatic heterocycles. The number of guanidine groups is 1. The fraction of sp³-hybridized carbons (Fsp3) is 0.588. The van der Waals surface area contributed by atoms with Crippen molar-refractivity contribution < 1.29 is 9.13 Å². The molecule has 2 rings (SSSR count). The molecule has 4 nitrogen and oxygen atoms in total. The van der Waals surface area contributed by atoms with E-state index in [0.717, 1.165) is 50.2 Å². The average Bonchev–Trinajstić information content (AvgIpc) is 3.32. The highest BCUT2D eigenvalue weighted by atomic mass is 19.1. The van der Waals surface area contributed by atoms with E-state index in [1.165, 1.54) is 18.9 Å². The van der Waals surface area contributed by atoms with Gasteiger partial charge in [-0.3, -0.25) is 4.99 Å². The zero-order valence-electron chi connectivity index (χ0n) is 13.5. The van der Waals surface area contributed by atoms with Gasteiger partial charge in [-0.25, -0.2) is 4.39 Å². The number of likely N-dealkylation sites (N-methyl/N-ethyl adjacent to an activating group) is 1. The Balaban J connectivity index is 1.64. The first-order valence-corrected chi connectivity index (χ1v) is 7.93. The van der Waals surface area contributed by atoms with Crippen LogP contribution in [0.1, 0.15) is 18.4 Å². The maximum Gasteiger partial charge on any atom is 0.193 e. The Morgan fingerprint density at radius 3 is 2.95 bits per heavy atom. The van der Waals surface area contributed by atoms with Gasteiger partial charge >= 0.3 is 0 Å². The van der Waals surface area contributed by atoms with E-state index >= 15 is 0 Å². The van der Waals surface area contributed by atoms with Crippen molar-refractivity contribution in [3.63, 3.8) is 0 Å². The molecule has 0 radical (unpaired) electrons. The maximum absolute atomic E-state index is 13.1.